The second-order valence-corrected chi connectivity index (χ2v) is 8.08. The molecule has 0 aromatic heterocycles. The third-order valence-corrected chi connectivity index (χ3v) is 6.76. The van der Waals surface area contributed by atoms with Gasteiger partial charge in [0, 0.05) is 22.8 Å². The predicted molar refractivity (Wildman–Crippen MR) is 98.0 cm³/mol. The molecule has 0 saturated heterocycles. The molecule has 2 fully saturated rings. The van der Waals surface area contributed by atoms with Crippen molar-refractivity contribution in [1.29, 1.82) is 0 Å². The quantitative estimate of drug-likeness (QED) is 0.568. The first-order chi connectivity index (χ1) is 12.1. The summed E-state index contributed by atoms with van der Waals surface area (Å²) in [6.45, 7) is 0. The van der Waals surface area contributed by atoms with Gasteiger partial charge < -0.3 is 5.32 Å². The van der Waals surface area contributed by atoms with Crippen molar-refractivity contribution in [3.63, 3.8) is 0 Å². The highest BCUT2D eigenvalue weighted by molar-refractivity contribution is 6.30. The van der Waals surface area contributed by atoms with Crippen molar-refractivity contribution in [3.05, 3.63) is 68.7 Å². The number of fused-ring (bicyclic) bond motifs is 7. The number of halogens is 1. The smallest absolute Gasteiger partial charge is 0.269 e. The van der Waals surface area contributed by atoms with Gasteiger partial charge in [0.05, 0.1) is 11.0 Å². The predicted octanol–water partition coefficient (Wildman–Crippen LogP) is 5.54. The maximum atomic E-state index is 11.2. The largest absolute Gasteiger partial charge is 0.378 e. The molecule has 5 heteroatoms. The Hall–Kier alpha value is -2.07. The van der Waals surface area contributed by atoms with Crippen LogP contribution in [0.1, 0.15) is 42.3 Å². The third-order valence-electron chi connectivity index (χ3n) is 6.51. The van der Waals surface area contributed by atoms with Crippen LogP contribution >= 0.6 is 11.6 Å². The summed E-state index contributed by atoms with van der Waals surface area (Å²) in [5.41, 5.74) is 3.67. The fourth-order valence-electron chi connectivity index (χ4n) is 5.59. The van der Waals surface area contributed by atoms with Crippen LogP contribution in [-0.4, -0.2) is 4.92 Å². The Morgan fingerprint density at radius 3 is 2.60 bits per heavy atom. The van der Waals surface area contributed by atoms with Gasteiger partial charge in [0.25, 0.3) is 5.69 Å². The zero-order valence-corrected chi connectivity index (χ0v) is 14.4. The van der Waals surface area contributed by atoms with E-state index in [2.05, 4.69) is 17.4 Å². The van der Waals surface area contributed by atoms with Gasteiger partial charge in [0.2, 0.25) is 0 Å². The highest BCUT2D eigenvalue weighted by Crippen LogP contribution is 2.63. The van der Waals surface area contributed by atoms with Crippen molar-refractivity contribution < 1.29 is 4.92 Å². The Kier molecular flexibility index (Phi) is 3.32. The van der Waals surface area contributed by atoms with E-state index in [1.807, 2.05) is 18.2 Å². The number of non-ortho nitro benzene ring substituents is 1. The molecule has 2 bridgehead atoms. The number of nitro benzene ring substituents is 1. The summed E-state index contributed by atoms with van der Waals surface area (Å²) in [5.74, 6) is 2.30. The van der Waals surface area contributed by atoms with Crippen LogP contribution < -0.4 is 5.32 Å². The molecule has 0 spiro atoms. The number of hydrogen-bond acceptors (Lipinski definition) is 3. The van der Waals surface area contributed by atoms with Gasteiger partial charge in [0.1, 0.15) is 0 Å². The maximum Gasteiger partial charge on any atom is 0.269 e. The standard InChI is InChI=1S/C20H19ClN2O2/c21-14-5-3-11(4-6-14)20-19-13-2-1-12(9-13)18(19)16-10-15(23(24)25)7-8-17(16)22-20/h3-8,10,12-13,18-20,22H,1-2,9H2/t12-,13-,18-,19-,20-/m0/s1. The molecular weight excluding hydrogens is 336 g/mol. The zero-order chi connectivity index (χ0) is 17.1. The summed E-state index contributed by atoms with van der Waals surface area (Å²) < 4.78 is 0. The lowest BCUT2D eigenvalue weighted by molar-refractivity contribution is -0.384. The molecule has 1 heterocycles. The maximum absolute atomic E-state index is 11.2. The van der Waals surface area contributed by atoms with Gasteiger partial charge in [-0.15, -0.1) is 0 Å². The Bertz CT molecular complexity index is 851. The van der Waals surface area contributed by atoms with E-state index in [9.17, 15) is 10.1 Å². The molecule has 5 rings (SSSR count). The molecule has 3 aliphatic rings. The van der Waals surface area contributed by atoms with Crippen molar-refractivity contribution in [3.8, 4) is 0 Å². The first kappa shape index (κ1) is 15.2. The SMILES string of the molecule is O=[N+]([O-])c1ccc2c(c1)[C@@H]1[C@H]3CC[C@@H](C3)[C@@H]1[C@H](c1ccc(Cl)cc1)N2. The topological polar surface area (TPSA) is 55.2 Å². The van der Waals surface area contributed by atoms with Crippen molar-refractivity contribution in [2.24, 2.45) is 17.8 Å². The van der Waals surface area contributed by atoms with E-state index in [1.54, 1.807) is 12.1 Å². The van der Waals surface area contributed by atoms with E-state index in [4.69, 9.17) is 11.6 Å². The summed E-state index contributed by atoms with van der Waals surface area (Å²) in [7, 11) is 0. The minimum Gasteiger partial charge on any atom is -0.378 e. The van der Waals surface area contributed by atoms with Gasteiger partial charge >= 0.3 is 0 Å². The van der Waals surface area contributed by atoms with Crippen LogP contribution in [0.15, 0.2) is 42.5 Å². The van der Waals surface area contributed by atoms with Crippen molar-refractivity contribution in [2.75, 3.05) is 5.32 Å². The van der Waals surface area contributed by atoms with Crippen LogP contribution in [0.5, 0.6) is 0 Å². The van der Waals surface area contributed by atoms with Crippen LogP contribution in [0.3, 0.4) is 0 Å². The van der Waals surface area contributed by atoms with Crippen LogP contribution in [-0.2, 0) is 0 Å². The molecule has 2 aromatic rings. The Morgan fingerprint density at radius 2 is 1.84 bits per heavy atom. The van der Waals surface area contributed by atoms with Gasteiger partial charge in [-0.25, -0.2) is 0 Å². The monoisotopic (exact) mass is 354 g/mol. The molecule has 5 atom stereocenters. The van der Waals surface area contributed by atoms with Crippen LogP contribution in [0.2, 0.25) is 5.02 Å². The second-order valence-electron chi connectivity index (χ2n) is 7.64. The summed E-state index contributed by atoms with van der Waals surface area (Å²) in [5, 5.41) is 15.7. The number of rotatable bonds is 2. The normalized spacial score (nSPS) is 32.0. The Balaban J connectivity index is 1.62. The first-order valence-corrected chi connectivity index (χ1v) is 9.30. The summed E-state index contributed by atoms with van der Waals surface area (Å²) in [6, 6.07) is 13.7. The van der Waals surface area contributed by atoms with E-state index < -0.39 is 0 Å². The first-order valence-electron chi connectivity index (χ1n) is 8.92. The van der Waals surface area contributed by atoms with Crippen LogP contribution in [0.4, 0.5) is 11.4 Å². The minimum atomic E-state index is -0.284. The molecule has 0 amide bonds. The number of anilines is 1. The molecule has 25 heavy (non-hydrogen) atoms. The molecule has 0 unspecified atom stereocenters. The zero-order valence-electron chi connectivity index (χ0n) is 13.7. The molecule has 2 aliphatic carbocycles. The van der Waals surface area contributed by atoms with Gasteiger partial charge in [0.15, 0.2) is 0 Å². The van der Waals surface area contributed by atoms with E-state index >= 15 is 0 Å². The Morgan fingerprint density at radius 1 is 1.08 bits per heavy atom. The fraction of sp³-hybridized carbons (Fsp3) is 0.400. The van der Waals surface area contributed by atoms with Crippen LogP contribution in [0.25, 0.3) is 0 Å². The second kappa shape index (κ2) is 5.46. The molecule has 2 saturated carbocycles. The third kappa shape index (κ3) is 2.27. The number of hydrogen-bond donors (Lipinski definition) is 1. The molecule has 1 aliphatic heterocycles. The lowest BCUT2D eigenvalue weighted by Gasteiger charge is -2.43. The van der Waals surface area contributed by atoms with E-state index in [-0.39, 0.29) is 16.7 Å². The lowest BCUT2D eigenvalue weighted by atomic mass is 9.68. The van der Waals surface area contributed by atoms with Gasteiger partial charge in [-0.3, -0.25) is 10.1 Å². The average molecular weight is 355 g/mol. The lowest BCUT2D eigenvalue weighted by Crippen LogP contribution is -2.35. The van der Waals surface area contributed by atoms with Gasteiger partial charge in [-0.2, -0.15) is 0 Å². The van der Waals surface area contributed by atoms with Gasteiger partial charge in [-0.1, -0.05) is 23.7 Å². The molecule has 0 radical (unpaired) electrons. The molecule has 2 aromatic carbocycles. The van der Waals surface area contributed by atoms with Crippen LogP contribution in [0, 0.1) is 27.9 Å². The molecular formula is C20H19ClN2O2. The molecule has 1 N–H and O–H groups in total. The molecule has 4 nitrogen and oxygen atoms in total. The number of benzene rings is 2. The number of nitro groups is 1. The van der Waals surface area contributed by atoms with E-state index in [0.717, 1.165) is 16.3 Å². The highest BCUT2D eigenvalue weighted by Gasteiger charge is 2.54. The minimum absolute atomic E-state index is 0.201. The number of nitrogens with one attached hydrogen (secondary N) is 1. The van der Waals surface area contributed by atoms with Gasteiger partial charge in [-0.05, 0) is 72.3 Å². The fourth-order valence-corrected chi connectivity index (χ4v) is 5.71. The van der Waals surface area contributed by atoms with E-state index in [1.165, 1.54) is 24.8 Å². The van der Waals surface area contributed by atoms with Crippen molar-refractivity contribution >= 4 is 23.0 Å². The summed E-state index contributed by atoms with van der Waals surface area (Å²) >= 11 is 6.07. The number of nitrogens with zero attached hydrogens (tertiary/aromatic N) is 1. The molecule has 128 valence electrons. The summed E-state index contributed by atoms with van der Waals surface area (Å²) in [6.07, 6.45) is 3.78. The summed E-state index contributed by atoms with van der Waals surface area (Å²) in [4.78, 5) is 10.9. The van der Waals surface area contributed by atoms with Crippen molar-refractivity contribution in [1.82, 2.24) is 0 Å². The average Bonchev–Trinajstić information content (AvgIpc) is 3.23. The van der Waals surface area contributed by atoms with E-state index in [0.29, 0.717) is 23.7 Å². The Labute approximate surface area is 151 Å². The highest BCUT2D eigenvalue weighted by atomic mass is 35.5. The van der Waals surface area contributed by atoms with Crippen molar-refractivity contribution in [2.45, 2.75) is 31.2 Å².